The van der Waals surface area contributed by atoms with E-state index < -0.39 is 5.91 Å². The molecule has 2 N–H and O–H groups in total. The molecule has 2 aromatic heterocycles. The van der Waals surface area contributed by atoms with Crippen molar-refractivity contribution in [2.45, 2.75) is 26.9 Å². The summed E-state index contributed by atoms with van der Waals surface area (Å²) in [6, 6.07) is 10.6. The molecule has 0 atom stereocenters. The van der Waals surface area contributed by atoms with Crippen LogP contribution < -0.4 is 15.4 Å². The molecule has 0 unspecified atom stereocenters. The molecule has 0 aliphatic rings. The van der Waals surface area contributed by atoms with Crippen LogP contribution in [0.2, 0.25) is 0 Å². The smallest absolute Gasteiger partial charge is 0.275 e. The second-order valence-electron chi connectivity index (χ2n) is 5.83. The number of carbonyl (C=O) groups is 1. The van der Waals surface area contributed by atoms with Crippen LogP contribution in [0, 0.1) is 6.92 Å². The average molecular weight is 353 g/mol. The summed E-state index contributed by atoms with van der Waals surface area (Å²) in [6.07, 6.45) is 1.53. The summed E-state index contributed by atoms with van der Waals surface area (Å²) >= 11 is 0. The number of anilines is 3. The molecule has 0 aliphatic carbocycles. The highest BCUT2D eigenvalue weighted by Crippen LogP contribution is 2.27. The van der Waals surface area contributed by atoms with E-state index in [-0.39, 0.29) is 17.7 Å². The SMILES string of the molecule is Cc1cc(NC(=O)c2ccnc(Nc3ccccc3OC(C)C)n2)no1. The normalized spacial score (nSPS) is 10.6. The van der Waals surface area contributed by atoms with Gasteiger partial charge in [0.2, 0.25) is 5.95 Å². The van der Waals surface area contributed by atoms with E-state index in [1.54, 1.807) is 13.0 Å². The third-order valence-electron chi connectivity index (χ3n) is 3.25. The minimum absolute atomic E-state index is 0.0295. The molecule has 1 amide bonds. The molecule has 8 nitrogen and oxygen atoms in total. The van der Waals surface area contributed by atoms with Crippen molar-refractivity contribution in [1.82, 2.24) is 15.1 Å². The Hall–Kier alpha value is -3.42. The van der Waals surface area contributed by atoms with Gasteiger partial charge in [-0.25, -0.2) is 9.97 Å². The first-order valence-corrected chi connectivity index (χ1v) is 8.11. The Morgan fingerprint density at radius 1 is 1.23 bits per heavy atom. The van der Waals surface area contributed by atoms with Crippen LogP contribution >= 0.6 is 0 Å². The number of nitrogens with zero attached hydrogens (tertiary/aromatic N) is 3. The van der Waals surface area contributed by atoms with Gasteiger partial charge in [-0.3, -0.25) is 4.79 Å². The second-order valence-corrected chi connectivity index (χ2v) is 5.83. The fourth-order valence-corrected chi connectivity index (χ4v) is 2.20. The van der Waals surface area contributed by atoms with Crippen molar-refractivity contribution in [2.24, 2.45) is 0 Å². The van der Waals surface area contributed by atoms with E-state index in [1.165, 1.54) is 12.3 Å². The van der Waals surface area contributed by atoms with Gasteiger partial charge in [-0.1, -0.05) is 17.3 Å². The largest absolute Gasteiger partial charge is 0.489 e. The molecule has 3 rings (SSSR count). The summed E-state index contributed by atoms with van der Waals surface area (Å²) in [6.45, 7) is 5.64. The van der Waals surface area contributed by atoms with Crippen LogP contribution in [0.25, 0.3) is 0 Å². The highest BCUT2D eigenvalue weighted by Gasteiger charge is 2.13. The van der Waals surface area contributed by atoms with Crippen molar-refractivity contribution in [3.63, 3.8) is 0 Å². The molecule has 0 saturated carbocycles. The zero-order valence-corrected chi connectivity index (χ0v) is 14.7. The number of amides is 1. The van der Waals surface area contributed by atoms with Crippen molar-refractivity contribution in [3.05, 3.63) is 54.0 Å². The molecule has 0 bridgehead atoms. The van der Waals surface area contributed by atoms with E-state index in [0.717, 1.165) is 0 Å². The number of benzene rings is 1. The number of carbonyl (C=O) groups excluding carboxylic acids is 1. The second kappa shape index (κ2) is 7.64. The molecule has 0 radical (unpaired) electrons. The van der Waals surface area contributed by atoms with E-state index in [4.69, 9.17) is 9.26 Å². The summed E-state index contributed by atoms with van der Waals surface area (Å²) in [7, 11) is 0. The topological polar surface area (TPSA) is 102 Å². The maximum absolute atomic E-state index is 12.3. The van der Waals surface area contributed by atoms with E-state index in [2.05, 4.69) is 25.8 Å². The first kappa shape index (κ1) is 17.4. The Morgan fingerprint density at radius 2 is 2.04 bits per heavy atom. The molecule has 2 heterocycles. The van der Waals surface area contributed by atoms with Gasteiger partial charge in [0.1, 0.15) is 17.2 Å². The lowest BCUT2D eigenvalue weighted by atomic mass is 10.3. The van der Waals surface area contributed by atoms with Crippen molar-refractivity contribution < 1.29 is 14.1 Å². The molecular formula is C18H19N5O3. The first-order chi connectivity index (χ1) is 12.5. The minimum Gasteiger partial charge on any atom is -0.489 e. The van der Waals surface area contributed by atoms with Gasteiger partial charge in [-0.15, -0.1) is 0 Å². The predicted molar refractivity (Wildman–Crippen MR) is 96.7 cm³/mol. The van der Waals surface area contributed by atoms with E-state index >= 15 is 0 Å². The van der Waals surface area contributed by atoms with Crippen LogP contribution in [0.1, 0.15) is 30.1 Å². The number of hydrogen-bond acceptors (Lipinski definition) is 7. The highest BCUT2D eigenvalue weighted by atomic mass is 16.5. The summed E-state index contributed by atoms with van der Waals surface area (Å²) in [5.41, 5.74) is 0.913. The number of para-hydroxylation sites is 2. The Labute approximate surface area is 150 Å². The zero-order valence-electron chi connectivity index (χ0n) is 14.7. The van der Waals surface area contributed by atoms with Crippen molar-refractivity contribution in [2.75, 3.05) is 10.6 Å². The maximum Gasteiger partial charge on any atom is 0.275 e. The summed E-state index contributed by atoms with van der Waals surface area (Å²) in [4.78, 5) is 20.7. The first-order valence-electron chi connectivity index (χ1n) is 8.11. The van der Waals surface area contributed by atoms with Crippen molar-refractivity contribution in [3.8, 4) is 5.75 Å². The van der Waals surface area contributed by atoms with Crippen LogP contribution in [0.3, 0.4) is 0 Å². The number of rotatable bonds is 6. The Kier molecular flexibility index (Phi) is 5.12. The molecule has 134 valence electrons. The van der Waals surface area contributed by atoms with Gasteiger partial charge in [0, 0.05) is 12.3 Å². The number of aromatic nitrogens is 3. The predicted octanol–water partition coefficient (Wildman–Crippen LogP) is 3.56. The summed E-state index contributed by atoms with van der Waals surface area (Å²) in [5, 5.41) is 9.43. The van der Waals surface area contributed by atoms with E-state index in [1.807, 2.05) is 38.1 Å². The van der Waals surface area contributed by atoms with Crippen LogP contribution in [0.4, 0.5) is 17.5 Å². The summed E-state index contributed by atoms with van der Waals surface area (Å²) in [5.74, 6) is 1.49. The molecule has 26 heavy (non-hydrogen) atoms. The molecule has 1 aromatic carbocycles. The molecule has 8 heteroatoms. The Balaban J connectivity index is 1.76. The van der Waals surface area contributed by atoms with Gasteiger partial charge in [-0.2, -0.15) is 0 Å². The fourth-order valence-electron chi connectivity index (χ4n) is 2.20. The molecule has 3 aromatic rings. The van der Waals surface area contributed by atoms with Crippen molar-refractivity contribution in [1.29, 1.82) is 0 Å². The number of nitrogens with one attached hydrogen (secondary N) is 2. The third kappa shape index (κ3) is 4.35. The molecule has 0 aliphatic heterocycles. The average Bonchev–Trinajstić information content (AvgIpc) is 3.01. The summed E-state index contributed by atoms with van der Waals surface area (Å²) < 4.78 is 10.7. The number of aryl methyl sites for hydroxylation is 1. The lowest BCUT2D eigenvalue weighted by Crippen LogP contribution is -2.15. The van der Waals surface area contributed by atoms with Gasteiger partial charge < -0.3 is 19.9 Å². The standard InChI is InChI=1S/C18H19N5O3/c1-11(2)25-15-7-5-4-6-13(15)20-18-19-9-8-14(21-18)17(24)22-16-10-12(3)26-23-16/h4-11H,1-3H3,(H,19,20,21)(H,22,23,24). The van der Waals surface area contributed by atoms with Gasteiger partial charge in [0.15, 0.2) is 5.82 Å². The molecular weight excluding hydrogens is 334 g/mol. The minimum atomic E-state index is -0.407. The third-order valence-corrected chi connectivity index (χ3v) is 3.25. The molecule has 0 spiro atoms. The molecule has 0 fully saturated rings. The lowest BCUT2D eigenvalue weighted by Gasteiger charge is -2.14. The van der Waals surface area contributed by atoms with Gasteiger partial charge >= 0.3 is 0 Å². The monoisotopic (exact) mass is 353 g/mol. The highest BCUT2D eigenvalue weighted by molar-refractivity contribution is 6.02. The quantitative estimate of drug-likeness (QED) is 0.698. The van der Waals surface area contributed by atoms with Gasteiger partial charge in [0.05, 0.1) is 11.8 Å². The lowest BCUT2D eigenvalue weighted by molar-refractivity contribution is 0.102. The van der Waals surface area contributed by atoms with Crippen LogP contribution in [-0.4, -0.2) is 27.1 Å². The Morgan fingerprint density at radius 3 is 2.77 bits per heavy atom. The maximum atomic E-state index is 12.3. The van der Waals surface area contributed by atoms with Crippen LogP contribution in [-0.2, 0) is 0 Å². The fraction of sp³-hybridized carbons (Fsp3) is 0.222. The molecule has 0 saturated heterocycles. The van der Waals surface area contributed by atoms with Crippen molar-refractivity contribution >= 4 is 23.4 Å². The number of hydrogen-bond donors (Lipinski definition) is 2. The van der Waals surface area contributed by atoms with Gasteiger partial charge in [-0.05, 0) is 39.0 Å². The number of ether oxygens (including phenoxy) is 1. The van der Waals surface area contributed by atoms with E-state index in [9.17, 15) is 4.79 Å². The Bertz CT molecular complexity index is 907. The van der Waals surface area contributed by atoms with Crippen LogP contribution in [0.5, 0.6) is 5.75 Å². The van der Waals surface area contributed by atoms with E-state index in [0.29, 0.717) is 23.0 Å². The van der Waals surface area contributed by atoms with Crippen LogP contribution in [0.15, 0.2) is 47.1 Å². The zero-order chi connectivity index (χ0) is 18.5. The van der Waals surface area contributed by atoms with Gasteiger partial charge in [0.25, 0.3) is 5.91 Å².